The first kappa shape index (κ1) is 21.7. The van der Waals surface area contributed by atoms with Gasteiger partial charge in [-0.1, -0.05) is 18.2 Å². The molecule has 0 bridgehead atoms. The van der Waals surface area contributed by atoms with Gasteiger partial charge in [0.25, 0.3) is 0 Å². The van der Waals surface area contributed by atoms with E-state index < -0.39 is 0 Å². The number of amides is 1. The summed E-state index contributed by atoms with van der Waals surface area (Å²) < 4.78 is 1.98. The van der Waals surface area contributed by atoms with Gasteiger partial charge in [-0.25, -0.2) is 15.0 Å². The van der Waals surface area contributed by atoms with Gasteiger partial charge in [-0.3, -0.25) is 9.69 Å². The van der Waals surface area contributed by atoms with E-state index in [1.807, 2.05) is 41.1 Å². The lowest BCUT2D eigenvalue weighted by molar-refractivity contribution is -0.136. The average Bonchev–Trinajstić information content (AvgIpc) is 3.51. The second-order valence-corrected chi connectivity index (χ2v) is 10.7. The van der Waals surface area contributed by atoms with Crippen LogP contribution in [-0.4, -0.2) is 61.2 Å². The van der Waals surface area contributed by atoms with Crippen LogP contribution in [-0.2, 0) is 17.6 Å². The van der Waals surface area contributed by atoms with Crippen LogP contribution >= 0.6 is 0 Å². The first-order valence-corrected chi connectivity index (χ1v) is 13.0. The summed E-state index contributed by atoms with van der Waals surface area (Å²) in [7, 11) is 0. The predicted octanol–water partition coefficient (Wildman–Crippen LogP) is 3.95. The van der Waals surface area contributed by atoms with Gasteiger partial charge in [-0.15, -0.1) is 0 Å². The molecule has 7 nitrogen and oxygen atoms in total. The van der Waals surface area contributed by atoms with Gasteiger partial charge >= 0.3 is 0 Å². The molecule has 1 aliphatic carbocycles. The van der Waals surface area contributed by atoms with Gasteiger partial charge in [0.15, 0.2) is 5.82 Å². The molecule has 36 heavy (non-hydrogen) atoms. The molecule has 2 fully saturated rings. The smallest absolute Gasteiger partial charge is 0.228 e. The molecule has 5 heterocycles. The molecule has 3 aliphatic rings. The second kappa shape index (κ2) is 8.52. The summed E-state index contributed by atoms with van der Waals surface area (Å²) in [4.78, 5) is 31.1. The van der Waals surface area contributed by atoms with Crippen molar-refractivity contribution in [1.29, 1.82) is 0 Å². The molecule has 2 saturated heterocycles. The van der Waals surface area contributed by atoms with Gasteiger partial charge in [-0.2, -0.15) is 0 Å². The quantitative estimate of drug-likeness (QED) is 0.444. The van der Waals surface area contributed by atoms with Gasteiger partial charge < -0.3 is 9.30 Å². The lowest BCUT2D eigenvalue weighted by atomic mass is 9.71. The third kappa shape index (κ3) is 3.78. The number of rotatable bonds is 4. The zero-order valence-electron chi connectivity index (χ0n) is 20.4. The number of nitrogens with zero attached hydrogens (tertiary/aromatic N) is 6. The van der Waals surface area contributed by atoms with Gasteiger partial charge in [0.1, 0.15) is 5.65 Å². The van der Waals surface area contributed by atoms with Crippen LogP contribution in [0.1, 0.15) is 42.1 Å². The number of aryl methyl sites for hydroxylation is 1. The van der Waals surface area contributed by atoms with Crippen LogP contribution in [0.4, 0.5) is 0 Å². The minimum absolute atomic E-state index is 0.201. The lowest BCUT2D eigenvalue weighted by Gasteiger charge is -2.56. The van der Waals surface area contributed by atoms with Crippen LogP contribution < -0.4 is 0 Å². The fourth-order valence-electron chi connectivity index (χ4n) is 6.48. The number of carbonyl (C=O) groups is 1. The number of aromatic nitrogens is 4. The molecular formula is C29H30N6O. The van der Waals surface area contributed by atoms with E-state index in [0.29, 0.717) is 17.9 Å². The SMILES string of the molecule is O=C(Cc1cn2ccccc2n1)N1CCC2(CC1)CN(C1CCc3cc(-c4ncccn4)ccc31)C2. The standard InChI is InChI=1S/C29H30N6O/c36-27(17-23-18-34-13-2-1-4-26(34)32-23)33-14-9-29(10-15-33)19-35(20-29)25-8-6-21-16-22(5-7-24(21)25)28-30-11-3-12-31-28/h1-5,7,11-13,16,18,25H,6,8-10,14-15,17,19-20H2. The Hall–Kier alpha value is -3.58. The first-order chi connectivity index (χ1) is 17.7. The largest absolute Gasteiger partial charge is 0.342 e. The highest BCUT2D eigenvalue weighted by molar-refractivity contribution is 5.78. The number of hydrogen-bond acceptors (Lipinski definition) is 5. The Morgan fingerprint density at radius 1 is 1.03 bits per heavy atom. The van der Waals surface area contributed by atoms with E-state index in [9.17, 15) is 4.79 Å². The van der Waals surface area contributed by atoms with Crippen molar-refractivity contribution in [2.24, 2.45) is 5.41 Å². The Balaban J connectivity index is 0.954. The van der Waals surface area contributed by atoms with Crippen molar-refractivity contribution < 1.29 is 4.79 Å². The van der Waals surface area contributed by atoms with E-state index in [1.54, 1.807) is 12.4 Å². The molecule has 1 atom stereocenters. The molecule has 0 N–H and O–H groups in total. The summed E-state index contributed by atoms with van der Waals surface area (Å²) >= 11 is 0. The molecule has 7 rings (SSSR count). The van der Waals surface area contributed by atoms with Crippen molar-refractivity contribution in [1.82, 2.24) is 29.2 Å². The highest BCUT2D eigenvalue weighted by Gasteiger charge is 2.48. The summed E-state index contributed by atoms with van der Waals surface area (Å²) in [5.74, 6) is 1.00. The van der Waals surface area contributed by atoms with E-state index in [-0.39, 0.29) is 5.91 Å². The molecule has 1 aromatic carbocycles. The topological polar surface area (TPSA) is 66.6 Å². The molecule has 0 radical (unpaired) electrons. The molecule has 182 valence electrons. The maximum Gasteiger partial charge on any atom is 0.228 e. The molecule has 1 spiro atoms. The maximum absolute atomic E-state index is 13.0. The Bertz CT molecular complexity index is 1380. The number of likely N-dealkylation sites (tertiary alicyclic amines) is 2. The summed E-state index contributed by atoms with van der Waals surface area (Å²) in [5.41, 5.74) is 6.15. The third-order valence-corrected chi connectivity index (χ3v) is 8.45. The van der Waals surface area contributed by atoms with Gasteiger partial charge in [0.2, 0.25) is 5.91 Å². The summed E-state index contributed by atoms with van der Waals surface area (Å²) in [5, 5.41) is 0. The second-order valence-electron chi connectivity index (χ2n) is 10.7. The fraction of sp³-hybridized carbons (Fsp3) is 0.379. The zero-order valence-corrected chi connectivity index (χ0v) is 20.4. The molecule has 2 aliphatic heterocycles. The minimum atomic E-state index is 0.201. The maximum atomic E-state index is 13.0. The summed E-state index contributed by atoms with van der Waals surface area (Å²) in [6.07, 6.45) is 12.4. The minimum Gasteiger partial charge on any atom is -0.342 e. The van der Waals surface area contributed by atoms with Crippen molar-refractivity contribution in [3.63, 3.8) is 0 Å². The van der Waals surface area contributed by atoms with Crippen molar-refractivity contribution in [3.8, 4) is 11.4 Å². The van der Waals surface area contributed by atoms with E-state index in [2.05, 4.69) is 43.0 Å². The van der Waals surface area contributed by atoms with Crippen LogP contribution in [0.5, 0.6) is 0 Å². The molecule has 3 aromatic heterocycles. The van der Waals surface area contributed by atoms with Crippen LogP contribution in [0.3, 0.4) is 0 Å². The van der Waals surface area contributed by atoms with Crippen molar-refractivity contribution in [2.45, 2.75) is 38.1 Å². The van der Waals surface area contributed by atoms with Crippen LogP contribution in [0, 0.1) is 5.41 Å². The Kier molecular flexibility index (Phi) is 5.13. The fourth-order valence-corrected chi connectivity index (χ4v) is 6.48. The van der Waals surface area contributed by atoms with Crippen molar-refractivity contribution in [2.75, 3.05) is 26.2 Å². The molecular weight excluding hydrogens is 448 g/mol. The number of fused-ring (bicyclic) bond motifs is 2. The number of pyridine rings is 1. The molecule has 7 heteroatoms. The first-order valence-electron chi connectivity index (χ1n) is 13.0. The van der Waals surface area contributed by atoms with E-state index in [1.165, 1.54) is 17.5 Å². The molecule has 1 amide bonds. The zero-order chi connectivity index (χ0) is 24.1. The monoisotopic (exact) mass is 478 g/mol. The third-order valence-electron chi connectivity index (χ3n) is 8.45. The summed E-state index contributed by atoms with van der Waals surface area (Å²) in [6, 6.07) is 15.1. The average molecular weight is 479 g/mol. The summed E-state index contributed by atoms with van der Waals surface area (Å²) in [6.45, 7) is 4.02. The Morgan fingerprint density at radius 2 is 1.86 bits per heavy atom. The highest BCUT2D eigenvalue weighted by atomic mass is 16.2. The van der Waals surface area contributed by atoms with Gasteiger partial charge in [0.05, 0.1) is 12.1 Å². The number of piperidine rings is 1. The Morgan fingerprint density at radius 3 is 2.67 bits per heavy atom. The van der Waals surface area contributed by atoms with Gasteiger partial charge in [-0.05, 0) is 66.5 Å². The van der Waals surface area contributed by atoms with E-state index in [0.717, 1.165) is 68.2 Å². The lowest BCUT2D eigenvalue weighted by Crippen LogP contribution is -2.61. The van der Waals surface area contributed by atoms with Crippen molar-refractivity contribution >= 4 is 11.6 Å². The number of benzene rings is 1. The highest BCUT2D eigenvalue weighted by Crippen LogP contribution is 2.48. The predicted molar refractivity (Wildman–Crippen MR) is 137 cm³/mol. The number of hydrogen-bond donors (Lipinski definition) is 0. The van der Waals surface area contributed by atoms with Crippen LogP contribution in [0.2, 0.25) is 0 Å². The van der Waals surface area contributed by atoms with Crippen molar-refractivity contribution in [3.05, 3.63) is 84.1 Å². The number of imidazole rings is 1. The van der Waals surface area contributed by atoms with E-state index in [4.69, 9.17) is 0 Å². The normalized spacial score (nSPS) is 21.0. The van der Waals surface area contributed by atoms with Crippen LogP contribution in [0.25, 0.3) is 17.0 Å². The molecule has 0 saturated carbocycles. The molecule has 1 unspecified atom stereocenters. The van der Waals surface area contributed by atoms with Gasteiger partial charge in [0, 0.05) is 62.6 Å². The number of carbonyl (C=O) groups excluding carboxylic acids is 1. The van der Waals surface area contributed by atoms with Crippen LogP contribution in [0.15, 0.2) is 67.3 Å². The van der Waals surface area contributed by atoms with E-state index >= 15 is 0 Å². The molecule has 4 aromatic rings. The Labute approximate surface area is 210 Å².